The Morgan fingerprint density at radius 2 is 2.00 bits per heavy atom. The zero-order valence-electron chi connectivity index (χ0n) is 18.9. The third-order valence-electron chi connectivity index (χ3n) is 5.89. The Balaban J connectivity index is 1.33. The second-order valence-corrected chi connectivity index (χ2v) is 8.39. The summed E-state index contributed by atoms with van der Waals surface area (Å²) >= 11 is 0. The van der Waals surface area contributed by atoms with Crippen molar-refractivity contribution in [2.24, 2.45) is 0 Å². The maximum absolute atomic E-state index is 13.7. The molecule has 7 nitrogen and oxygen atoms in total. The van der Waals surface area contributed by atoms with Gasteiger partial charge in [-0.3, -0.25) is 9.59 Å². The van der Waals surface area contributed by atoms with Crippen LogP contribution >= 0.6 is 0 Å². The number of fused-ring (bicyclic) bond motifs is 1. The molecular weight excluding hydrogens is 423 g/mol. The molecule has 0 radical (unpaired) electrons. The molecule has 2 aromatic carbocycles. The van der Waals surface area contributed by atoms with Crippen molar-refractivity contribution in [2.45, 2.75) is 45.2 Å². The van der Waals surface area contributed by atoms with Gasteiger partial charge in [0, 0.05) is 18.1 Å². The number of amides is 2. The maximum Gasteiger partial charge on any atom is 0.251 e. The van der Waals surface area contributed by atoms with Gasteiger partial charge in [-0.15, -0.1) is 0 Å². The number of carbonyl (C=O) groups is 2. The number of rotatable bonds is 8. The molecule has 2 heterocycles. The molecule has 2 aliphatic heterocycles. The molecule has 2 amide bonds. The van der Waals surface area contributed by atoms with Gasteiger partial charge in [0.15, 0.2) is 0 Å². The molecule has 0 saturated carbocycles. The Hall–Kier alpha value is -3.39. The van der Waals surface area contributed by atoms with Crippen molar-refractivity contribution in [2.75, 3.05) is 18.5 Å². The predicted molar refractivity (Wildman–Crippen MR) is 124 cm³/mol. The number of hydrogen-bond acceptors (Lipinski definition) is 5. The number of halogens is 1. The van der Waals surface area contributed by atoms with Gasteiger partial charge in [0.2, 0.25) is 5.91 Å². The highest BCUT2D eigenvalue weighted by Crippen LogP contribution is 2.31. The molecule has 1 fully saturated rings. The molecular formula is C25H29FN4O3. The van der Waals surface area contributed by atoms with Gasteiger partial charge in [0.1, 0.15) is 24.2 Å². The van der Waals surface area contributed by atoms with E-state index in [0.717, 1.165) is 24.2 Å². The second kappa shape index (κ2) is 10.0. The van der Waals surface area contributed by atoms with Crippen LogP contribution in [0.3, 0.4) is 0 Å². The first-order valence-corrected chi connectivity index (χ1v) is 11.3. The number of anilines is 1. The van der Waals surface area contributed by atoms with Crippen molar-refractivity contribution in [3.63, 3.8) is 0 Å². The number of hydrogen-bond donors (Lipinski definition) is 2. The average molecular weight is 453 g/mol. The average Bonchev–Trinajstić information content (AvgIpc) is 3.24. The van der Waals surface area contributed by atoms with Gasteiger partial charge in [0.25, 0.3) is 5.91 Å². The van der Waals surface area contributed by atoms with Crippen LogP contribution in [0, 0.1) is 12.7 Å². The van der Waals surface area contributed by atoms with Gasteiger partial charge in [0.05, 0.1) is 12.6 Å². The predicted octanol–water partition coefficient (Wildman–Crippen LogP) is 3.89. The van der Waals surface area contributed by atoms with E-state index in [-0.39, 0.29) is 30.2 Å². The zero-order valence-corrected chi connectivity index (χ0v) is 18.9. The summed E-state index contributed by atoms with van der Waals surface area (Å²) in [5.74, 6) is -0.0892. The quantitative estimate of drug-likeness (QED) is 0.595. The number of nitrogens with zero attached hydrogens (tertiary/aromatic N) is 2. The number of nitrogens with one attached hydrogen (secondary N) is 2. The van der Waals surface area contributed by atoms with E-state index in [9.17, 15) is 14.0 Å². The topological polar surface area (TPSA) is 73.9 Å². The van der Waals surface area contributed by atoms with E-state index in [0.29, 0.717) is 24.3 Å². The SMILES string of the molecule is CCCCOc1ccc(C2CC3C(=O)N(CC(=O)Nc4ccc(C)c(F)c4)C=CN3N2)cc1. The summed E-state index contributed by atoms with van der Waals surface area (Å²) in [6.45, 7) is 4.35. The maximum atomic E-state index is 13.7. The van der Waals surface area contributed by atoms with Crippen LogP contribution in [-0.2, 0) is 9.59 Å². The lowest BCUT2D eigenvalue weighted by Gasteiger charge is -2.31. The zero-order chi connectivity index (χ0) is 23.4. The monoisotopic (exact) mass is 452 g/mol. The van der Waals surface area contributed by atoms with Gasteiger partial charge in [-0.05, 0) is 55.2 Å². The van der Waals surface area contributed by atoms with E-state index in [2.05, 4.69) is 17.7 Å². The molecule has 2 atom stereocenters. The molecule has 2 N–H and O–H groups in total. The normalized spacial score (nSPS) is 19.5. The Labute approximate surface area is 193 Å². The molecule has 4 rings (SSSR count). The number of aryl methyl sites for hydroxylation is 1. The second-order valence-electron chi connectivity index (χ2n) is 8.39. The summed E-state index contributed by atoms with van der Waals surface area (Å²) < 4.78 is 19.4. The van der Waals surface area contributed by atoms with E-state index in [1.807, 2.05) is 24.3 Å². The van der Waals surface area contributed by atoms with E-state index in [1.165, 1.54) is 11.0 Å². The van der Waals surface area contributed by atoms with Crippen LogP contribution in [0.4, 0.5) is 10.1 Å². The number of ether oxygens (including phenoxy) is 1. The van der Waals surface area contributed by atoms with Gasteiger partial charge >= 0.3 is 0 Å². The van der Waals surface area contributed by atoms with E-state index < -0.39 is 6.04 Å². The molecule has 174 valence electrons. The van der Waals surface area contributed by atoms with Crippen molar-refractivity contribution in [1.82, 2.24) is 15.3 Å². The van der Waals surface area contributed by atoms with Crippen LogP contribution in [0.1, 0.15) is 43.4 Å². The smallest absolute Gasteiger partial charge is 0.251 e. The molecule has 2 unspecified atom stereocenters. The molecule has 8 heteroatoms. The number of unbranched alkanes of at least 4 members (excludes halogenated alkanes) is 1. The van der Waals surface area contributed by atoms with Crippen molar-refractivity contribution in [3.8, 4) is 5.75 Å². The molecule has 33 heavy (non-hydrogen) atoms. The summed E-state index contributed by atoms with van der Waals surface area (Å²) in [5, 5.41) is 4.44. The van der Waals surface area contributed by atoms with Crippen LogP contribution in [-0.4, -0.2) is 40.9 Å². The molecule has 0 bridgehead atoms. The molecule has 0 aliphatic carbocycles. The number of carbonyl (C=O) groups excluding carboxylic acids is 2. The van der Waals surface area contributed by atoms with Crippen LogP contribution in [0.25, 0.3) is 0 Å². The van der Waals surface area contributed by atoms with Gasteiger partial charge in [-0.25, -0.2) is 9.82 Å². The lowest BCUT2D eigenvalue weighted by atomic mass is 10.0. The Morgan fingerprint density at radius 3 is 2.73 bits per heavy atom. The standard InChI is InChI=1S/C25H29FN4O3/c1-3-4-13-33-20-9-6-18(7-10-20)22-15-23-25(32)29(11-12-30(23)28-22)16-24(31)27-19-8-5-17(2)21(26)14-19/h5-12,14,22-23,28H,3-4,13,15-16H2,1-2H3,(H,27,31). The minimum absolute atomic E-state index is 0.0161. The highest BCUT2D eigenvalue weighted by Gasteiger charge is 2.40. The summed E-state index contributed by atoms with van der Waals surface area (Å²) in [6, 6.07) is 12.0. The van der Waals surface area contributed by atoms with Crippen molar-refractivity contribution in [1.29, 1.82) is 0 Å². The molecule has 1 saturated heterocycles. The van der Waals surface area contributed by atoms with Gasteiger partial charge in [-0.2, -0.15) is 0 Å². The first-order valence-electron chi connectivity index (χ1n) is 11.3. The lowest BCUT2D eigenvalue weighted by Crippen LogP contribution is -2.49. The van der Waals surface area contributed by atoms with E-state index >= 15 is 0 Å². The number of benzene rings is 2. The van der Waals surface area contributed by atoms with E-state index in [4.69, 9.17) is 4.74 Å². The fraction of sp³-hybridized carbons (Fsp3) is 0.360. The van der Waals surface area contributed by atoms with E-state index in [1.54, 1.807) is 36.5 Å². The van der Waals surface area contributed by atoms with Crippen molar-refractivity contribution < 1.29 is 18.7 Å². The fourth-order valence-corrected chi connectivity index (χ4v) is 3.94. The first-order chi connectivity index (χ1) is 15.9. The fourth-order valence-electron chi connectivity index (χ4n) is 3.94. The molecule has 2 aromatic rings. The summed E-state index contributed by atoms with van der Waals surface area (Å²) in [7, 11) is 0. The lowest BCUT2D eigenvalue weighted by molar-refractivity contribution is -0.137. The first kappa shape index (κ1) is 22.8. The number of hydrazine groups is 1. The minimum atomic E-state index is -0.398. The van der Waals surface area contributed by atoms with Crippen LogP contribution in [0.15, 0.2) is 54.9 Å². The summed E-state index contributed by atoms with van der Waals surface area (Å²) in [4.78, 5) is 26.8. The largest absolute Gasteiger partial charge is 0.494 e. The molecule has 0 aromatic heterocycles. The minimum Gasteiger partial charge on any atom is -0.494 e. The van der Waals surface area contributed by atoms with Crippen LogP contribution in [0.2, 0.25) is 0 Å². The van der Waals surface area contributed by atoms with Gasteiger partial charge < -0.3 is 20.0 Å². The highest BCUT2D eigenvalue weighted by molar-refractivity contribution is 5.96. The van der Waals surface area contributed by atoms with Crippen molar-refractivity contribution >= 4 is 17.5 Å². The summed E-state index contributed by atoms with van der Waals surface area (Å²) in [5.41, 5.74) is 5.29. The van der Waals surface area contributed by atoms with Gasteiger partial charge in [-0.1, -0.05) is 31.5 Å². The third kappa shape index (κ3) is 5.34. The molecule has 2 aliphatic rings. The third-order valence-corrected chi connectivity index (χ3v) is 5.89. The Morgan fingerprint density at radius 1 is 1.21 bits per heavy atom. The molecule has 0 spiro atoms. The highest BCUT2D eigenvalue weighted by atomic mass is 19.1. The Bertz CT molecular complexity index is 1040. The van der Waals surface area contributed by atoms with Crippen molar-refractivity contribution in [3.05, 3.63) is 71.8 Å². The van der Waals surface area contributed by atoms with Crippen LogP contribution in [0.5, 0.6) is 5.75 Å². The summed E-state index contributed by atoms with van der Waals surface area (Å²) in [6.07, 6.45) is 6.06. The van der Waals surface area contributed by atoms with Crippen LogP contribution < -0.4 is 15.5 Å². The Kier molecular flexibility index (Phi) is 6.93.